The Kier molecular flexibility index (Phi) is 6.49. The van der Waals surface area contributed by atoms with Crippen LogP contribution in [0.2, 0.25) is 0 Å². The molecule has 0 spiro atoms. The van der Waals surface area contributed by atoms with Crippen molar-refractivity contribution in [1.82, 2.24) is 4.90 Å². The van der Waals surface area contributed by atoms with E-state index in [-0.39, 0.29) is 24.4 Å². The van der Waals surface area contributed by atoms with Gasteiger partial charge in [0.15, 0.2) is 0 Å². The van der Waals surface area contributed by atoms with E-state index in [4.69, 9.17) is 5.73 Å². The first-order valence-electron chi connectivity index (χ1n) is 6.40. The monoisotopic (exact) mass is 262 g/mol. The summed E-state index contributed by atoms with van der Waals surface area (Å²) in [4.78, 5) is 13.8. The molecular weight excluding hydrogens is 236 g/mol. The number of nitrogens with zero attached hydrogens (tertiary/aromatic N) is 1. The zero-order chi connectivity index (χ0) is 12.3. The highest BCUT2D eigenvalue weighted by Gasteiger charge is 2.31. The second kappa shape index (κ2) is 6.60. The lowest BCUT2D eigenvalue weighted by molar-refractivity contribution is -0.134. The van der Waals surface area contributed by atoms with Gasteiger partial charge in [-0.1, -0.05) is 27.7 Å². The molecule has 0 aromatic heterocycles. The van der Waals surface area contributed by atoms with E-state index in [1.54, 1.807) is 0 Å². The van der Waals surface area contributed by atoms with Gasteiger partial charge in [-0.3, -0.25) is 4.79 Å². The van der Waals surface area contributed by atoms with E-state index in [0.717, 1.165) is 38.3 Å². The van der Waals surface area contributed by atoms with Crippen molar-refractivity contribution in [1.29, 1.82) is 0 Å². The largest absolute Gasteiger partial charge is 0.341 e. The van der Waals surface area contributed by atoms with Gasteiger partial charge >= 0.3 is 0 Å². The Labute approximate surface area is 112 Å². The Hall–Kier alpha value is -0.280. The molecule has 1 saturated heterocycles. The lowest BCUT2D eigenvalue weighted by atomic mass is 9.75. The molecule has 1 aliphatic rings. The normalized spacial score (nSPS) is 19.7. The first kappa shape index (κ1) is 16.7. The fourth-order valence-electron chi connectivity index (χ4n) is 2.38. The molecule has 0 radical (unpaired) electrons. The van der Waals surface area contributed by atoms with E-state index in [1.165, 1.54) is 0 Å². The smallest absolute Gasteiger partial charge is 0.239 e. The van der Waals surface area contributed by atoms with Crippen molar-refractivity contribution in [3.05, 3.63) is 0 Å². The van der Waals surface area contributed by atoms with E-state index in [9.17, 15) is 4.79 Å². The minimum absolute atomic E-state index is 0. The second-order valence-electron chi connectivity index (χ2n) is 5.98. The van der Waals surface area contributed by atoms with Crippen LogP contribution < -0.4 is 5.73 Å². The molecule has 1 aliphatic heterocycles. The maximum absolute atomic E-state index is 11.9. The van der Waals surface area contributed by atoms with E-state index in [2.05, 4.69) is 20.8 Å². The van der Waals surface area contributed by atoms with Gasteiger partial charge in [-0.25, -0.2) is 0 Å². The van der Waals surface area contributed by atoms with Gasteiger partial charge in [0.05, 0.1) is 6.04 Å². The van der Waals surface area contributed by atoms with Gasteiger partial charge in [-0.15, -0.1) is 12.4 Å². The molecule has 1 fully saturated rings. The molecule has 0 saturated carbocycles. The highest BCUT2D eigenvalue weighted by Crippen LogP contribution is 2.34. The van der Waals surface area contributed by atoms with E-state index < -0.39 is 0 Å². The lowest BCUT2D eigenvalue weighted by Crippen LogP contribution is -2.48. The van der Waals surface area contributed by atoms with Gasteiger partial charge in [-0.2, -0.15) is 0 Å². The van der Waals surface area contributed by atoms with Crippen LogP contribution in [0.5, 0.6) is 0 Å². The Morgan fingerprint density at radius 3 is 2.18 bits per heavy atom. The van der Waals surface area contributed by atoms with Gasteiger partial charge in [0.1, 0.15) is 0 Å². The van der Waals surface area contributed by atoms with Crippen molar-refractivity contribution in [3.8, 4) is 0 Å². The number of hydrogen-bond donors (Lipinski definition) is 1. The second-order valence-corrected chi connectivity index (χ2v) is 5.98. The molecule has 1 atom stereocenters. The van der Waals surface area contributed by atoms with Crippen LogP contribution in [0.3, 0.4) is 0 Å². The van der Waals surface area contributed by atoms with Crippen molar-refractivity contribution < 1.29 is 4.79 Å². The number of halogens is 1. The quantitative estimate of drug-likeness (QED) is 0.831. The zero-order valence-electron chi connectivity index (χ0n) is 11.5. The Morgan fingerprint density at radius 1 is 1.35 bits per heavy atom. The predicted octanol–water partition coefficient (Wildman–Crippen LogP) is 2.43. The van der Waals surface area contributed by atoms with Gasteiger partial charge < -0.3 is 10.6 Å². The van der Waals surface area contributed by atoms with Crippen molar-refractivity contribution in [2.75, 3.05) is 13.1 Å². The van der Waals surface area contributed by atoms with Crippen LogP contribution in [-0.2, 0) is 4.79 Å². The molecule has 0 bridgehead atoms. The Morgan fingerprint density at radius 2 is 1.82 bits per heavy atom. The third-order valence-electron chi connectivity index (χ3n) is 3.79. The molecule has 0 aliphatic carbocycles. The van der Waals surface area contributed by atoms with Crippen LogP contribution in [0.1, 0.15) is 47.0 Å². The maximum Gasteiger partial charge on any atom is 0.239 e. The molecule has 0 aromatic rings. The zero-order valence-corrected chi connectivity index (χ0v) is 12.3. The lowest BCUT2D eigenvalue weighted by Gasteiger charge is -2.39. The number of nitrogens with two attached hydrogens (primary N) is 1. The predicted molar refractivity (Wildman–Crippen MR) is 74.3 cm³/mol. The van der Waals surface area contributed by atoms with Gasteiger partial charge in [-0.05, 0) is 30.6 Å². The summed E-state index contributed by atoms with van der Waals surface area (Å²) in [6.45, 7) is 10.6. The fourth-order valence-corrected chi connectivity index (χ4v) is 2.38. The van der Waals surface area contributed by atoms with Crippen molar-refractivity contribution in [2.24, 2.45) is 17.1 Å². The third kappa shape index (κ3) is 4.47. The van der Waals surface area contributed by atoms with Crippen LogP contribution in [0.4, 0.5) is 0 Å². The summed E-state index contributed by atoms with van der Waals surface area (Å²) in [6.07, 6.45) is 2.97. The Balaban J connectivity index is 0.00000256. The summed E-state index contributed by atoms with van der Waals surface area (Å²) in [5.41, 5.74) is 6.14. The number of piperidine rings is 1. The summed E-state index contributed by atoms with van der Waals surface area (Å²) in [7, 11) is 0. The molecule has 102 valence electrons. The molecule has 3 nitrogen and oxygen atoms in total. The molecule has 0 aromatic carbocycles. The molecule has 1 rings (SSSR count). The van der Waals surface area contributed by atoms with Crippen molar-refractivity contribution >= 4 is 18.3 Å². The van der Waals surface area contributed by atoms with Gasteiger partial charge in [0, 0.05) is 13.1 Å². The minimum atomic E-state index is -0.300. The fraction of sp³-hybridized carbons (Fsp3) is 0.923. The Bertz CT molecular complexity index is 242. The first-order valence-corrected chi connectivity index (χ1v) is 6.40. The summed E-state index contributed by atoms with van der Waals surface area (Å²) < 4.78 is 0. The minimum Gasteiger partial charge on any atom is -0.341 e. The average molecular weight is 263 g/mol. The molecule has 17 heavy (non-hydrogen) atoms. The van der Waals surface area contributed by atoms with Gasteiger partial charge in [0.2, 0.25) is 5.91 Å². The van der Waals surface area contributed by atoms with E-state index in [0.29, 0.717) is 5.41 Å². The topological polar surface area (TPSA) is 46.3 Å². The summed E-state index contributed by atoms with van der Waals surface area (Å²) in [6, 6.07) is -0.300. The van der Waals surface area contributed by atoms with Crippen LogP contribution in [0.15, 0.2) is 0 Å². The van der Waals surface area contributed by atoms with Crippen LogP contribution in [0, 0.1) is 11.3 Å². The maximum atomic E-state index is 11.9. The number of hydrogen-bond acceptors (Lipinski definition) is 2. The molecule has 1 amide bonds. The van der Waals surface area contributed by atoms with Gasteiger partial charge in [0.25, 0.3) is 0 Å². The summed E-state index contributed by atoms with van der Waals surface area (Å²) in [5, 5.41) is 0. The first-order chi connectivity index (χ1) is 7.36. The number of likely N-dealkylation sites (tertiary alicyclic amines) is 1. The van der Waals surface area contributed by atoms with E-state index >= 15 is 0 Å². The highest BCUT2D eigenvalue weighted by molar-refractivity contribution is 5.85. The molecule has 4 heteroatoms. The van der Waals surface area contributed by atoms with Crippen LogP contribution in [-0.4, -0.2) is 29.9 Å². The highest BCUT2D eigenvalue weighted by atomic mass is 35.5. The molecule has 0 unspecified atom stereocenters. The van der Waals surface area contributed by atoms with Crippen LogP contribution in [0.25, 0.3) is 0 Å². The standard InChI is InChI=1S/C13H26N2O.ClH/c1-5-11(14)12(16)15-8-6-10(7-9-15)13(2,3)4;/h10-11H,5-9,14H2,1-4H3;1H/t11-;/m0./s1. The number of rotatable bonds is 2. The van der Waals surface area contributed by atoms with E-state index in [1.807, 2.05) is 11.8 Å². The number of carbonyl (C=O) groups is 1. The average Bonchev–Trinajstić information content (AvgIpc) is 2.26. The summed E-state index contributed by atoms with van der Waals surface area (Å²) >= 11 is 0. The number of carbonyl (C=O) groups excluding carboxylic acids is 1. The molecule has 2 N–H and O–H groups in total. The third-order valence-corrected chi connectivity index (χ3v) is 3.79. The van der Waals surface area contributed by atoms with Crippen LogP contribution >= 0.6 is 12.4 Å². The SMILES string of the molecule is CC[C@H](N)C(=O)N1CCC(C(C)(C)C)CC1.Cl. The van der Waals surface area contributed by atoms with Crippen molar-refractivity contribution in [2.45, 2.75) is 53.0 Å². The molecular formula is C13H27ClN2O. The van der Waals surface area contributed by atoms with Crippen molar-refractivity contribution in [3.63, 3.8) is 0 Å². The summed E-state index contributed by atoms with van der Waals surface area (Å²) in [5.74, 6) is 0.865. The number of amides is 1. The molecule has 1 heterocycles.